The number of nitrogens with zero attached hydrogens (tertiary/aromatic N) is 1. The summed E-state index contributed by atoms with van der Waals surface area (Å²) < 4.78 is 11.3. The van der Waals surface area contributed by atoms with E-state index in [4.69, 9.17) is 5.73 Å². The average Bonchev–Trinajstić information content (AvgIpc) is 2.30. The highest BCUT2D eigenvalue weighted by Crippen LogP contribution is 2.20. The van der Waals surface area contributed by atoms with E-state index in [0.717, 1.165) is 24.6 Å². The molecule has 0 unspecified atom stereocenters. The first-order valence-corrected chi connectivity index (χ1v) is 7.09. The molecule has 0 amide bonds. The molecule has 4 heteroatoms. The molecule has 1 fully saturated rings. The Morgan fingerprint density at radius 1 is 1.38 bits per heavy atom. The van der Waals surface area contributed by atoms with Crippen LogP contribution in [0, 0.1) is 6.92 Å². The topological polar surface area (TPSA) is 46.3 Å². The fourth-order valence-corrected chi connectivity index (χ4v) is 3.05. The van der Waals surface area contributed by atoms with Gasteiger partial charge < -0.3 is 10.6 Å². The normalized spacial score (nSPS) is 17.8. The summed E-state index contributed by atoms with van der Waals surface area (Å²) in [6.07, 6.45) is 0. The standard InChI is InChI=1S/C12H18N2OS/c1-10-8-12(3-2-11(10)9-13)14-4-6-16(15)7-5-14/h2-3,8H,4-7,9,13H2,1H3. The Morgan fingerprint density at radius 2 is 2.06 bits per heavy atom. The van der Waals surface area contributed by atoms with Crippen LogP contribution >= 0.6 is 0 Å². The molecule has 0 aliphatic carbocycles. The van der Waals surface area contributed by atoms with Crippen molar-refractivity contribution in [2.24, 2.45) is 5.73 Å². The van der Waals surface area contributed by atoms with Crippen LogP contribution in [0.25, 0.3) is 0 Å². The van der Waals surface area contributed by atoms with E-state index in [-0.39, 0.29) is 0 Å². The second-order valence-electron chi connectivity index (χ2n) is 4.15. The highest BCUT2D eigenvalue weighted by Gasteiger charge is 2.15. The minimum atomic E-state index is -0.608. The third-order valence-electron chi connectivity index (χ3n) is 3.09. The first-order chi connectivity index (χ1) is 7.70. The lowest BCUT2D eigenvalue weighted by Crippen LogP contribution is -2.37. The lowest BCUT2D eigenvalue weighted by molar-refractivity contribution is 0.673. The third kappa shape index (κ3) is 2.44. The largest absolute Gasteiger partial charge is 0.370 e. The molecule has 1 aliphatic rings. The predicted molar refractivity (Wildman–Crippen MR) is 69.2 cm³/mol. The van der Waals surface area contributed by atoms with E-state index in [9.17, 15) is 4.21 Å². The number of nitrogens with two attached hydrogens (primary N) is 1. The molecule has 3 nitrogen and oxygen atoms in total. The van der Waals surface area contributed by atoms with Gasteiger partial charge in [-0.3, -0.25) is 4.21 Å². The Morgan fingerprint density at radius 3 is 2.62 bits per heavy atom. The molecular weight excluding hydrogens is 220 g/mol. The van der Waals surface area contributed by atoms with E-state index >= 15 is 0 Å². The maximum absolute atomic E-state index is 11.3. The van der Waals surface area contributed by atoms with Crippen molar-refractivity contribution < 1.29 is 4.21 Å². The van der Waals surface area contributed by atoms with Crippen molar-refractivity contribution >= 4 is 16.5 Å². The Bertz CT molecular complexity index is 396. The smallest absolute Gasteiger partial charge is 0.0411 e. The zero-order valence-electron chi connectivity index (χ0n) is 9.61. The van der Waals surface area contributed by atoms with Crippen LogP contribution in [0.15, 0.2) is 18.2 Å². The second kappa shape index (κ2) is 4.97. The molecule has 0 spiro atoms. The molecule has 0 atom stereocenters. The minimum Gasteiger partial charge on any atom is -0.370 e. The van der Waals surface area contributed by atoms with Gasteiger partial charge in [-0.25, -0.2) is 0 Å². The molecule has 2 N–H and O–H groups in total. The van der Waals surface area contributed by atoms with Crippen LogP contribution in [0.4, 0.5) is 5.69 Å². The summed E-state index contributed by atoms with van der Waals surface area (Å²) >= 11 is 0. The van der Waals surface area contributed by atoms with Gasteiger partial charge in [0.15, 0.2) is 0 Å². The molecule has 1 aromatic carbocycles. The summed E-state index contributed by atoms with van der Waals surface area (Å²) in [5.74, 6) is 1.58. The Hall–Kier alpha value is -0.870. The van der Waals surface area contributed by atoms with Gasteiger partial charge in [-0.15, -0.1) is 0 Å². The average molecular weight is 238 g/mol. The molecule has 1 saturated heterocycles. The van der Waals surface area contributed by atoms with Crippen LogP contribution < -0.4 is 10.6 Å². The van der Waals surface area contributed by atoms with Crippen LogP contribution in [-0.4, -0.2) is 28.8 Å². The summed E-state index contributed by atoms with van der Waals surface area (Å²) in [5, 5.41) is 0. The van der Waals surface area contributed by atoms with Gasteiger partial charge in [-0.2, -0.15) is 0 Å². The van der Waals surface area contributed by atoms with Crippen molar-refractivity contribution in [2.45, 2.75) is 13.5 Å². The Kier molecular flexibility index (Phi) is 3.61. The zero-order valence-corrected chi connectivity index (χ0v) is 10.4. The van der Waals surface area contributed by atoms with E-state index in [1.54, 1.807) is 0 Å². The zero-order chi connectivity index (χ0) is 11.5. The van der Waals surface area contributed by atoms with Crippen molar-refractivity contribution in [3.05, 3.63) is 29.3 Å². The van der Waals surface area contributed by atoms with Gasteiger partial charge in [0, 0.05) is 47.6 Å². The van der Waals surface area contributed by atoms with E-state index in [2.05, 4.69) is 30.0 Å². The molecule has 1 aromatic rings. The van der Waals surface area contributed by atoms with Crippen molar-refractivity contribution in [2.75, 3.05) is 29.5 Å². The first kappa shape index (κ1) is 11.6. The van der Waals surface area contributed by atoms with Gasteiger partial charge in [0.1, 0.15) is 0 Å². The highest BCUT2D eigenvalue weighted by molar-refractivity contribution is 7.85. The van der Waals surface area contributed by atoms with Crippen LogP contribution in [0.2, 0.25) is 0 Å². The Labute approximate surface area is 99.1 Å². The van der Waals surface area contributed by atoms with Gasteiger partial charge in [0.05, 0.1) is 0 Å². The molecule has 1 aliphatic heterocycles. The number of rotatable bonds is 2. The quantitative estimate of drug-likeness (QED) is 0.837. The van der Waals surface area contributed by atoms with E-state index < -0.39 is 10.8 Å². The van der Waals surface area contributed by atoms with Gasteiger partial charge in [-0.05, 0) is 30.2 Å². The van der Waals surface area contributed by atoms with Crippen LogP contribution in [0.5, 0.6) is 0 Å². The van der Waals surface area contributed by atoms with Crippen molar-refractivity contribution in [3.63, 3.8) is 0 Å². The van der Waals surface area contributed by atoms with E-state index in [1.165, 1.54) is 16.8 Å². The summed E-state index contributed by atoms with van der Waals surface area (Å²) in [4.78, 5) is 2.30. The molecular formula is C12H18N2OS. The monoisotopic (exact) mass is 238 g/mol. The predicted octanol–water partition coefficient (Wildman–Crippen LogP) is 1.02. The second-order valence-corrected chi connectivity index (χ2v) is 5.85. The molecule has 88 valence electrons. The molecule has 2 rings (SSSR count). The van der Waals surface area contributed by atoms with Crippen LogP contribution in [0.3, 0.4) is 0 Å². The van der Waals surface area contributed by atoms with Crippen molar-refractivity contribution in [1.82, 2.24) is 0 Å². The van der Waals surface area contributed by atoms with Crippen molar-refractivity contribution in [1.29, 1.82) is 0 Å². The highest BCUT2D eigenvalue weighted by atomic mass is 32.2. The fourth-order valence-electron chi connectivity index (χ4n) is 2.00. The number of aryl methyl sites for hydroxylation is 1. The van der Waals surface area contributed by atoms with Gasteiger partial charge in [0.2, 0.25) is 0 Å². The summed E-state index contributed by atoms with van der Waals surface area (Å²) in [6, 6.07) is 6.39. The lowest BCUT2D eigenvalue weighted by Gasteiger charge is -2.29. The van der Waals surface area contributed by atoms with E-state index in [0.29, 0.717) is 6.54 Å². The van der Waals surface area contributed by atoms with Crippen molar-refractivity contribution in [3.8, 4) is 0 Å². The molecule has 0 aromatic heterocycles. The van der Waals surface area contributed by atoms with Gasteiger partial charge in [0.25, 0.3) is 0 Å². The van der Waals surface area contributed by atoms with Gasteiger partial charge >= 0.3 is 0 Å². The Balaban J connectivity index is 2.15. The molecule has 0 radical (unpaired) electrons. The molecule has 0 bridgehead atoms. The first-order valence-electron chi connectivity index (χ1n) is 5.60. The summed E-state index contributed by atoms with van der Waals surface area (Å²) in [5.41, 5.74) is 9.31. The maximum Gasteiger partial charge on any atom is 0.0411 e. The SMILES string of the molecule is Cc1cc(N2CCS(=O)CC2)ccc1CN. The molecule has 0 saturated carbocycles. The van der Waals surface area contributed by atoms with Crippen LogP contribution in [-0.2, 0) is 17.3 Å². The third-order valence-corrected chi connectivity index (χ3v) is 4.36. The molecule has 16 heavy (non-hydrogen) atoms. The van der Waals surface area contributed by atoms with Crippen LogP contribution in [0.1, 0.15) is 11.1 Å². The molecule has 1 heterocycles. The summed E-state index contributed by atoms with van der Waals surface area (Å²) in [7, 11) is -0.608. The fraction of sp³-hybridized carbons (Fsp3) is 0.500. The number of hydrogen-bond acceptors (Lipinski definition) is 3. The van der Waals surface area contributed by atoms with Gasteiger partial charge in [-0.1, -0.05) is 6.07 Å². The number of anilines is 1. The number of hydrogen-bond donors (Lipinski definition) is 1. The number of benzene rings is 1. The maximum atomic E-state index is 11.3. The summed E-state index contributed by atoms with van der Waals surface area (Å²) in [6.45, 7) is 4.48. The minimum absolute atomic E-state index is 0.593. The lowest BCUT2D eigenvalue weighted by atomic mass is 10.1. The van der Waals surface area contributed by atoms with E-state index in [1.807, 2.05) is 0 Å².